The summed E-state index contributed by atoms with van der Waals surface area (Å²) in [6.07, 6.45) is 0.804. The van der Waals surface area contributed by atoms with Gasteiger partial charge in [-0.05, 0) is 18.9 Å². The number of rotatable bonds is 1. The molecule has 0 fully saturated rings. The molecule has 0 aliphatic carbocycles. The monoisotopic (exact) mass is 218 g/mol. The number of hydrogen-bond donors (Lipinski definition) is 0. The number of amides is 1. The minimum atomic E-state index is -0.0907. The molecule has 1 amide bonds. The van der Waals surface area contributed by atoms with Crippen LogP contribution in [-0.2, 0) is 24.8 Å². The zero-order chi connectivity index (χ0) is 11.7. The average molecular weight is 218 g/mol. The predicted octanol–water partition coefficient (Wildman–Crippen LogP) is 0.527. The Morgan fingerprint density at radius 1 is 1.62 bits per heavy atom. The lowest BCUT2D eigenvalue weighted by Crippen LogP contribution is -2.36. The minimum absolute atomic E-state index is 0.0355. The van der Waals surface area contributed by atoms with Gasteiger partial charge in [0.1, 0.15) is 6.42 Å². The SMILES string of the molecule is Cc1nn(C)c2c1CCN(C(=O)CC#N)C2. The van der Waals surface area contributed by atoms with Crippen molar-refractivity contribution in [3.63, 3.8) is 0 Å². The van der Waals surface area contributed by atoms with Gasteiger partial charge in [0, 0.05) is 13.6 Å². The molecule has 0 radical (unpaired) electrons. The van der Waals surface area contributed by atoms with Crippen LogP contribution in [0, 0.1) is 18.3 Å². The summed E-state index contributed by atoms with van der Waals surface area (Å²) in [6.45, 7) is 3.26. The Hall–Kier alpha value is -1.83. The molecule has 0 aromatic carbocycles. The molecule has 1 aliphatic rings. The number of fused-ring (bicyclic) bond motifs is 1. The fourth-order valence-electron chi connectivity index (χ4n) is 2.17. The summed E-state index contributed by atoms with van der Waals surface area (Å²) < 4.78 is 1.83. The Morgan fingerprint density at radius 2 is 2.38 bits per heavy atom. The molecule has 0 atom stereocenters. The van der Waals surface area contributed by atoms with Gasteiger partial charge in [-0.15, -0.1) is 0 Å². The van der Waals surface area contributed by atoms with Gasteiger partial charge in [0.15, 0.2) is 0 Å². The summed E-state index contributed by atoms with van der Waals surface area (Å²) in [5.41, 5.74) is 3.39. The molecule has 0 saturated carbocycles. The largest absolute Gasteiger partial charge is 0.336 e. The van der Waals surface area contributed by atoms with Crippen LogP contribution in [0.3, 0.4) is 0 Å². The van der Waals surface area contributed by atoms with Crippen LogP contribution < -0.4 is 0 Å². The average Bonchev–Trinajstić information content (AvgIpc) is 2.55. The fourth-order valence-corrected chi connectivity index (χ4v) is 2.17. The van der Waals surface area contributed by atoms with Gasteiger partial charge in [-0.3, -0.25) is 9.48 Å². The summed E-state index contributed by atoms with van der Waals surface area (Å²) >= 11 is 0. The molecule has 84 valence electrons. The number of carbonyl (C=O) groups is 1. The van der Waals surface area contributed by atoms with E-state index in [1.165, 1.54) is 5.56 Å². The van der Waals surface area contributed by atoms with Gasteiger partial charge in [0.05, 0.1) is 24.0 Å². The van der Waals surface area contributed by atoms with Crippen LogP contribution in [0.15, 0.2) is 0 Å². The van der Waals surface area contributed by atoms with Crippen molar-refractivity contribution >= 4 is 5.91 Å². The third-order valence-corrected chi connectivity index (χ3v) is 3.03. The summed E-state index contributed by atoms with van der Waals surface area (Å²) in [4.78, 5) is 13.3. The highest BCUT2D eigenvalue weighted by atomic mass is 16.2. The first-order valence-corrected chi connectivity index (χ1v) is 5.29. The van der Waals surface area contributed by atoms with E-state index in [0.717, 1.165) is 17.8 Å². The number of hydrogen-bond acceptors (Lipinski definition) is 3. The molecule has 1 aromatic heterocycles. The highest BCUT2D eigenvalue weighted by Gasteiger charge is 2.24. The van der Waals surface area contributed by atoms with Gasteiger partial charge >= 0.3 is 0 Å². The van der Waals surface area contributed by atoms with E-state index >= 15 is 0 Å². The first-order chi connectivity index (χ1) is 7.63. The van der Waals surface area contributed by atoms with Gasteiger partial charge in [-0.1, -0.05) is 0 Å². The first kappa shape index (κ1) is 10.7. The quantitative estimate of drug-likeness (QED) is 0.690. The van der Waals surface area contributed by atoms with E-state index in [-0.39, 0.29) is 12.3 Å². The number of nitriles is 1. The lowest BCUT2D eigenvalue weighted by atomic mass is 10.0. The molecular formula is C11H14N4O. The normalized spacial score (nSPS) is 14.4. The highest BCUT2D eigenvalue weighted by Crippen LogP contribution is 2.21. The minimum Gasteiger partial charge on any atom is -0.336 e. The molecule has 0 saturated heterocycles. The second kappa shape index (κ2) is 3.97. The lowest BCUT2D eigenvalue weighted by Gasteiger charge is -2.26. The Kier molecular flexibility index (Phi) is 2.65. The molecular weight excluding hydrogens is 204 g/mol. The van der Waals surface area contributed by atoms with Crippen LogP contribution in [0.4, 0.5) is 0 Å². The van der Waals surface area contributed by atoms with E-state index in [2.05, 4.69) is 5.10 Å². The summed E-state index contributed by atoms with van der Waals surface area (Å²) in [5.74, 6) is -0.0907. The third-order valence-electron chi connectivity index (χ3n) is 3.03. The molecule has 2 rings (SSSR count). The Balaban J connectivity index is 2.21. The number of nitrogens with zero attached hydrogens (tertiary/aromatic N) is 4. The summed E-state index contributed by atoms with van der Waals surface area (Å²) in [6, 6.07) is 1.89. The van der Waals surface area contributed by atoms with Crippen LogP contribution in [0.2, 0.25) is 0 Å². The number of carbonyl (C=O) groups excluding carboxylic acids is 1. The molecule has 1 aliphatic heterocycles. The number of aryl methyl sites for hydroxylation is 2. The first-order valence-electron chi connectivity index (χ1n) is 5.29. The van der Waals surface area contributed by atoms with Gasteiger partial charge < -0.3 is 4.90 Å². The lowest BCUT2D eigenvalue weighted by molar-refractivity contribution is -0.131. The standard InChI is InChI=1S/C11H14N4O/c1-8-9-4-6-15(11(16)3-5-12)7-10(9)14(2)13-8/h3-4,6-7H2,1-2H3. The van der Waals surface area contributed by atoms with E-state index in [1.807, 2.05) is 24.7 Å². The van der Waals surface area contributed by atoms with Crippen LogP contribution >= 0.6 is 0 Å². The van der Waals surface area contributed by atoms with Gasteiger partial charge in [-0.25, -0.2) is 0 Å². The van der Waals surface area contributed by atoms with Gasteiger partial charge in [0.2, 0.25) is 5.91 Å². The van der Waals surface area contributed by atoms with Crippen LogP contribution in [0.5, 0.6) is 0 Å². The number of aromatic nitrogens is 2. The molecule has 2 heterocycles. The molecule has 0 unspecified atom stereocenters. The molecule has 0 bridgehead atoms. The van der Waals surface area contributed by atoms with Crippen LogP contribution in [-0.4, -0.2) is 27.1 Å². The van der Waals surface area contributed by atoms with E-state index < -0.39 is 0 Å². The van der Waals surface area contributed by atoms with Crippen molar-refractivity contribution in [2.75, 3.05) is 6.54 Å². The van der Waals surface area contributed by atoms with E-state index in [9.17, 15) is 4.79 Å². The molecule has 5 heteroatoms. The predicted molar refractivity (Wildman–Crippen MR) is 57.3 cm³/mol. The van der Waals surface area contributed by atoms with Crippen molar-refractivity contribution < 1.29 is 4.79 Å². The van der Waals surface area contributed by atoms with Crippen LogP contribution in [0.1, 0.15) is 23.4 Å². The van der Waals surface area contributed by atoms with Crippen molar-refractivity contribution in [2.24, 2.45) is 7.05 Å². The topological polar surface area (TPSA) is 61.9 Å². The molecule has 0 N–H and O–H groups in total. The third kappa shape index (κ3) is 1.67. The maximum Gasteiger partial charge on any atom is 0.237 e. The molecule has 1 aromatic rings. The van der Waals surface area contributed by atoms with Crippen molar-refractivity contribution in [2.45, 2.75) is 26.3 Å². The second-order valence-electron chi connectivity index (χ2n) is 4.03. The zero-order valence-electron chi connectivity index (χ0n) is 9.53. The Morgan fingerprint density at radius 3 is 3.06 bits per heavy atom. The summed E-state index contributed by atoms with van der Waals surface area (Å²) in [7, 11) is 1.89. The molecule has 0 spiro atoms. The van der Waals surface area contributed by atoms with E-state index in [1.54, 1.807) is 4.90 Å². The molecule has 16 heavy (non-hydrogen) atoms. The van der Waals surface area contributed by atoms with Crippen molar-refractivity contribution in [3.05, 3.63) is 17.0 Å². The van der Waals surface area contributed by atoms with E-state index in [4.69, 9.17) is 5.26 Å². The molecule has 5 nitrogen and oxygen atoms in total. The van der Waals surface area contributed by atoms with Crippen LogP contribution in [0.25, 0.3) is 0 Å². The van der Waals surface area contributed by atoms with Crippen molar-refractivity contribution in [1.82, 2.24) is 14.7 Å². The second-order valence-corrected chi connectivity index (χ2v) is 4.03. The Labute approximate surface area is 94.3 Å². The van der Waals surface area contributed by atoms with Crippen molar-refractivity contribution in [1.29, 1.82) is 5.26 Å². The smallest absolute Gasteiger partial charge is 0.237 e. The maximum absolute atomic E-state index is 11.6. The maximum atomic E-state index is 11.6. The zero-order valence-corrected chi connectivity index (χ0v) is 9.53. The summed E-state index contributed by atoms with van der Waals surface area (Å²) in [5, 5.41) is 12.9. The fraction of sp³-hybridized carbons (Fsp3) is 0.545. The van der Waals surface area contributed by atoms with Crippen molar-refractivity contribution in [3.8, 4) is 6.07 Å². The van der Waals surface area contributed by atoms with Gasteiger partial charge in [-0.2, -0.15) is 10.4 Å². The highest BCUT2D eigenvalue weighted by molar-refractivity contribution is 5.78. The van der Waals surface area contributed by atoms with E-state index in [0.29, 0.717) is 13.1 Å². The van der Waals surface area contributed by atoms with Gasteiger partial charge in [0.25, 0.3) is 0 Å². The Bertz CT molecular complexity index is 469.